The van der Waals surface area contributed by atoms with E-state index in [0.717, 1.165) is 23.2 Å². The highest BCUT2D eigenvalue weighted by Gasteiger charge is 2.52. The Labute approximate surface area is 107 Å². The van der Waals surface area contributed by atoms with E-state index in [2.05, 4.69) is 6.92 Å². The molecule has 4 saturated carbocycles. The summed E-state index contributed by atoms with van der Waals surface area (Å²) < 4.78 is 0. The molecule has 17 heavy (non-hydrogen) atoms. The molecule has 0 N–H and O–H groups in total. The summed E-state index contributed by atoms with van der Waals surface area (Å²) in [5.41, 5.74) is 0.860. The van der Waals surface area contributed by atoms with E-state index in [4.69, 9.17) is 0 Å². The van der Waals surface area contributed by atoms with Crippen LogP contribution in [0.4, 0.5) is 0 Å². The smallest absolute Gasteiger partial charge is 0.0235 e. The van der Waals surface area contributed by atoms with Gasteiger partial charge in [0.25, 0.3) is 0 Å². The van der Waals surface area contributed by atoms with E-state index in [1.165, 1.54) is 31.6 Å². The Morgan fingerprint density at radius 2 is 1.71 bits per heavy atom. The van der Waals surface area contributed by atoms with Crippen LogP contribution >= 0.6 is 0 Å². The van der Waals surface area contributed by atoms with Gasteiger partial charge in [0.05, 0.1) is 0 Å². The molecule has 0 aromatic carbocycles. The lowest BCUT2D eigenvalue weighted by atomic mass is 9.91. The topological polar surface area (TPSA) is 0 Å². The van der Waals surface area contributed by atoms with Crippen molar-refractivity contribution in [1.82, 2.24) is 0 Å². The first-order valence-corrected chi connectivity index (χ1v) is 8.11. The molecule has 0 amide bonds. The van der Waals surface area contributed by atoms with Crippen LogP contribution in [0.25, 0.3) is 0 Å². The summed E-state index contributed by atoms with van der Waals surface area (Å²) in [5, 5.41) is 0. The fourth-order valence-corrected chi connectivity index (χ4v) is 4.32. The molecule has 4 rings (SSSR count). The third-order valence-electron chi connectivity index (χ3n) is 6.15. The molecule has 0 aliphatic heterocycles. The Morgan fingerprint density at radius 1 is 1.00 bits per heavy atom. The van der Waals surface area contributed by atoms with Gasteiger partial charge in [-0.1, -0.05) is 13.3 Å². The van der Waals surface area contributed by atoms with Gasteiger partial charge in [-0.15, -0.1) is 0 Å². The van der Waals surface area contributed by atoms with Gasteiger partial charge in [-0.3, -0.25) is 0 Å². The molecule has 95 valence electrons. The van der Waals surface area contributed by atoms with E-state index >= 15 is 0 Å². The molecular weight excluding hydrogens is 204 g/mol. The predicted octanol–water partition coefficient (Wildman–Crippen LogP) is 4.99. The predicted molar refractivity (Wildman–Crippen MR) is 71.5 cm³/mol. The monoisotopic (exact) mass is 231 g/mol. The maximum atomic E-state index is 2.38. The second kappa shape index (κ2) is 3.75. The van der Waals surface area contributed by atoms with Gasteiger partial charge in [0, 0.05) is 0 Å². The quantitative estimate of drug-likeness (QED) is 0.579. The molecule has 4 atom stereocenters. The van der Waals surface area contributed by atoms with Crippen molar-refractivity contribution in [3.05, 3.63) is 5.92 Å². The van der Waals surface area contributed by atoms with Crippen LogP contribution in [0.15, 0.2) is 0 Å². The lowest BCUT2D eigenvalue weighted by Crippen LogP contribution is -2.03. The van der Waals surface area contributed by atoms with E-state index in [1.807, 2.05) is 5.92 Å². The molecule has 0 heteroatoms. The fraction of sp³-hybridized carbons (Fsp3) is 0.941. The lowest BCUT2D eigenvalue weighted by Gasteiger charge is -2.14. The maximum absolute atomic E-state index is 2.38. The molecule has 0 bridgehead atoms. The molecule has 1 radical (unpaired) electrons. The van der Waals surface area contributed by atoms with Crippen LogP contribution in [-0.4, -0.2) is 0 Å². The Hall–Kier alpha value is 0. The lowest BCUT2D eigenvalue weighted by molar-refractivity contribution is 0.401. The van der Waals surface area contributed by atoms with Gasteiger partial charge in [-0.25, -0.2) is 0 Å². The molecule has 0 nitrogen and oxygen atoms in total. The highest BCUT2D eigenvalue weighted by atomic mass is 14.6. The minimum absolute atomic E-state index is 0.860. The van der Waals surface area contributed by atoms with Crippen LogP contribution < -0.4 is 0 Å². The molecule has 0 spiro atoms. The van der Waals surface area contributed by atoms with Crippen molar-refractivity contribution in [2.75, 3.05) is 0 Å². The van der Waals surface area contributed by atoms with Crippen LogP contribution in [0, 0.1) is 35.0 Å². The zero-order valence-electron chi connectivity index (χ0n) is 11.4. The zero-order chi connectivity index (χ0) is 11.5. The van der Waals surface area contributed by atoms with Crippen molar-refractivity contribution >= 4 is 0 Å². The van der Waals surface area contributed by atoms with Gasteiger partial charge in [0.1, 0.15) is 0 Å². The average Bonchev–Trinajstić information content (AvgIpc) is 3.15. The number of hydrogen-bond acceptors (Lipinski definition) is 0. The molecular formula is C17H27. The fourth-order valence-electron chi connectivity index (χ4n) is 4.32. The van der Waals surface area contributed by atoms with E-state index in [9.17, 15) is 0 Å². The third-order valence-corrected chi connectivity index (χ3v) is 6.15. The van der Waals surface area contributed by atoms with Crippen molar-refractivity contribution in [2.45, 2.75) is 71.1 Å². The summed E-state index contributed by atoms with van der Waals surface area (Å²) in [6.07, 6.45) is 15.5. The van der Waals surface area contributed by atoms with Gasteiger partial charge in [-0.2, -0.15) is 0 Å². The van der Waals surface area contributed by atoms with Crippen LogP contribution in [-0.2, 0) is 0 Å². The van der Waals surface area contributed by atoms with E-state index < -0.39 is 0 Å². The Morgan fingerprint density at radius 3 is 2.29 bits per heavy atom. The van der Waals surface area contributed by atoms with Crippen molar-refractivity contribution in [1.29, 1.82) is 0 Å². The molecule has 0 heterocycles. The average molecular weight is 231 g/mol. The van der Waals surface area contributed by atoms with Gasteiger partial charge >= 0.3 is 0 Å². The Bertz CT molecular complexity index is 297. The highest BCUT2D eigenvalue weighted by Crippen LogP contribution is 2.64. The minimum Gasteiger partial charge on any atom is -0.0651 e. The van der Waals surface area contributed by atoms with Crippen LogP contribution in [0.5, 0.6) is 0 Å². The maximum Gasteiger partial charge on any atom is -0.0235 e. The summed E-state index contributed by atoms with van der Waals surface area (Å²) in [4.78, 5) is 0. The Kier molecular flexibility index (Phi) is 2.40. The Balaban J connectivity index is 1.21. The van der Waals surface area contributed by atoms with E-state index in [1.54, 1.807) is 38.5 Å². The van der Waals surface area contributed by atoms with E-state index in [-0.39, 0.29) is 0 Å². The van der Waals surface area contributed by atoms with Crippen molar-refractivity contribution in [3.8, 4) is 0 Å². The van der Waals surface area contributed by atoms with Gasteiger partial charge in [0.15, 0.2) is 0 Å². The number of hydrogen-bond donors (Lipinski definition) is 0. The molecule has 4 aliphatic rings. The molecule has 0 aromatic heterocycles. The summed E-state index contributed by atoms with van der Waals surface area (Å²) in [7, 11) is 0. The van der Waals surface area contributed by atoms with Gasteiger partial charge < -0.3 is 0 Å². The zero-order valence-corrected chi connectivity index (χ0v) is 11.4. The van der Waals surface area contributed by atoms with Crippen LogP contribution in [0.1, 0.15) is 71.1 Å². The van der Waals surface area contributed by atoms with Crippen LogP contribution in [0.2, 0.25) is 0 Å². The first kappa shape index (κ1) is 10.9. The largest absolute Gasteiger partial charge is 0.0651 e. The normalized spacial score (nSPS) is 45.7. The first-order valence-electron chi connectivity index (χ1n) is 8.11. The van der Waals surface area contributed by atoms with Crippen molar-refractivity contribution in [3.63, 3.8) is 0 Å². The summed E-state index contributed by atoms with van der Waals surface area (Å²) in [6.45, 7) is 2.38. The third kappa shape index (κ3) is 2.42. The highest BCUT2D eigenvalue weighted by molar-refractivity contribution is 5.14. The molecule has 0 aromatic rings. The second-order valence-electron chi connectivity index (χ2n) is 7.79. The van der Waals surface area contributed by atoms with Crippen molar-refractivity contribution in [2.24, 2.45) is 29.1 Å². The summed E-state index contributed by atoms with van der Waals surface area (Å²) in [6, 6.07) is 0. The number of rotatable bonds is 7. The minimum atomic E-state index is 0.860. The standard InChI is InChI=1S/C17H27/c1-2-13-7-14(13)8-15-9-16(15)11-17(5-6-17)10-12-3-4-12/h13-16H,2-11H2,1H3. The van der Waals surface area contributed by atoms with E-state index in [0.29, 0.717) is 0 Å². The summed E-state index contributed by atoms with van der Waals surface area (Å²) >= 11 is 0. The molecule has 4 unspecified atom stereocenters. The summed E-state index contributed by atoms with van der Waals surface area (Å²) in [5.74, 6) is 6.53. The SMILES string of the molecule is CCC1CC1CC1CC1CC1(C[C]2CC2)CC1. The first-order chi connectivity index (χ1) is 8.28. The van der Waals surface area contributed by atoms with Crippen molar-refractivity contribution < 1.29 is 0 Å². The van der Waals surface area contributed by atoms with Crippen LogP contribution in [0.3, 0.4) is 0 Å². The molecule has 4 aliphatic carbocycles. The second-order valence-corrected chi connectivity index (χ2v) is 7.79. The molecule has 4 fully saturated rings. The van der Waals surface area contributed by atoms with Gasteiger partial charge in [0.2, 0.25) is 0 Å². The molecule has 0 saturated heterocycles. The van der Waals surface area contributed by atoms with Gasteiger partial charge in [-0.05, 0) is 92.8 Å².